The predicted molar refractivity (Wildman–Crippen MR) is 119 cm³/mol. The van der Waals surface area contributed by atoms with E-state index in [0.717, 1.165) is 6.42 Å². The molecule has 0 saturated heterocycles. The maximum Gasteiger partial charge on any atom is 0.383 e. The van der Waals surface area contributed by atoms with Crippen molar-refractivity contribution in [2.24, 2.45) is 0 Å². The Morgan fingerprint density at radius 1 is 1.06 bits per heavy atom. The number of fused-ring (bicyclic) bond motifs is 1. The number of hydrogen-bond acceptors (Lipinski definition) is 6. The van der Waals surface area contributed by atoms with Crippen molar-refractivity contribution in [1.29, 1.82) is 0 Å². The summed E-state index contributed by atoms with van der Waals surface area (Å²) in [7, 11) is 0. The number of carbonyl (C=O) groups is 1. The zero-order valence-electron chi connectivity index (χ0n) is 17.9. The Bertz CT molecular complexity index is 1110. The van der Waals surface area contributed by atoms with E-state index >= 15 is 0 Å². The van der Waals surface area contributed by atoms with Gasteiger partial charge < -0.3 is 18.6 Å². The predicted octanol–water partition coefficient (Wildman–Crippen LogP) is 5.53. The lowest BCUT2D eigenvalue weighted by Gasteiger charge is -2.14. The van der Waals surface area contributed by atoms with Crippen LogP contribution in [0.3, 0.4) is 0 Å². The normalized spacial score (nSPS) is 11.2. The van der Waals surface area contributed by atoms with Crippen molar-refractivity contribution in [1.82, 2.24) is 0 Å². The maximum absolute atomic E-state index is 12.7. The van der Waals surface area contributed by atoms with Gasteiger partial charge in [-0.15, -0.1) is 0 Å². The molecule has 6 nitrogen and oxygen atoms in total. The van der Waals surface area contributed by atoms with Gasteiger partial charge in [0.2, 0.25) is 0 Å². The molecule has 0 aliphatic carbocycles. The molecular formula is C25H26O6. The minimum atomic E-state index is -0.794. The molecular weight excluding hydrogens is 396 g/mol. The molecule has 31 heavy (non-hydrogen) atoms. The van der Waals surface area contributed by atoms with Gasteiger partial charge in [-0.2, -0.15) is 0 Å². The SMILES string of the molecule is CCC=CCCOc1c(OC(=O)c2ccccc2)c(=O)oc2cc(OC(C)C)ccc12. The third-order valence-corrected chi connectivity index (χ3v) is 4.30. The smallest absolute Gasteiger partial charge is 0.383 e. The van der Waals surface area contributed by atoms with E-state index in [1.807, 2.05) is 32.9 Å². The molecule has 2 aromatic carbocycles. The van der Waals surface area contributed by atoms with E-state index in [0.29, 0.717) is 35.3 Å². The quantitative estimate of drug-likeness (QED) is 0.195. The number of carbonyl (C=O) groups excluding carboxylic acids is 1. The van der Waals surface area contributed by atoms with Crippen LogP contribution < -0.4 is 19.8 Å². The molecule has 0 spiro atoms. The van der Waals surface area contributed by atoms with Gasteiger partial charge in [-0.1, -0.05) is 37.3 Å². The highest BCUT2D eigenvalue weighted by molar-refractivity contribution is 5.93. The molecule has 0 aliphatic heterocycles. The van der Waals surface area contributed by atoms with Gasteiger partial charge in [0.15, 0.2) is 5.75 Å². The Morgan fingerprint density at radius 2 is 1.84 bits per heavy atom. The summed E-state index contributed by atoms with van der Waals surface area (Å²) in [5.74, 6) is -0.186. The molecule has 0 aliphatic rings. The van der Waals surface area contributed by atoms with Gasteiger partial charge in [-0.05, 0) is 51.0 Å². The van der Waals surface area contributed by atoms with Crippen LogP contribution in [-0.2, 0) is 0 Å². The Kier molecular flexibility index (Phi) is 7.49. The monoisotopic (exact) mass is 422 g/mol. The second kappa shape index (κ2) is 10.5. The van der Waals surface area contributed by atoms with Crippen LogP contribution in [-0.4, -0.2) is 18.7 Å². The van der Waals surface area contributed by atoms with Crippen LogP contribution in [0.15, 0.2) is 69.9 Å². The Labute approximate surface area is 181 Å². The standard InChI is InChI=1S/C25H26O6/c1-4-5-6-10-15-28-22-20-14-13-19(29-17(2)3)16-21(20)30-25(27)23(22)31-24(26)18-11-8-7-9-12-18/h5-9,11-14,16-17H,4,10,15H2,1-3H3. The van der Waals surface area contributed by atoms with Gasteiger partial charge in [0.05, 0.1) is 23.7 Å². The molecule has 0 saturated carbocycles. The summed E-state index contributed by atoms with van der Waals surface area (Å²) < 4.78 is 22.4. The van der Waals surface area contributed by atoms with E-state index in [1.54, 1.807) is 48.5 Å². The summed E-state index contributed by atoms with van der Waals surface area (Å²) in [5, 5.41) is 0.519. The van der Waals surface area contributed by atoms with Crippen LogP contribution in [0.5, 0.6) is 17.2 Å². The van der Waals surface area contributed by atoms with Crippen LogP contribution in [0.25, 0.3) is 11.0 Å². The van der Waals surface area contributed by atoms with E-state index in [2.05, 4.69) is 0 Å². The number of ether oxygens (including phenoxy) is 3. The van der Waals surface area contributed by atoms with Gasteiger partial charge in [0.25, 0.3) is 5.75 Å². The van der Waals surface area contributed by atoms with Crippen molar-refractivity contribution in [3.8, 4) is 17.2 Å². The summed E-state index contributed by atoms with van der Waals surface area (Å²) >= 11 is 0. The van der Waals surface area contributed by atoms with E-state index < -0.39 is 11.6 Å². The number of esters is 1. The fraction of sp³-hybridized carbons (Fsp3) is 0.280. The molecule has 1 aromatic heterocycles. The van der Waals surface area contributed by atoms with E-state index in [9.17, 15) is 9.59 Å². The van der Waals surface area contributed by atoms with E-state index in [4.69, 9.17) is 18.6 Å². The third kappa shape index (κ3) is 5.75. The topological polar surface area (TPSA) is 75.0 Å². The second-order valence-corrected chi connectivity index (χ2v) is 7.14. The highest BCUT2D eigenvalue weighted by Crippen LogP contribution is 2.35. The molecule has 0 unspecified atom stereocenters. The second-order valence-electron chi connectivity index (χ2n) is 7.14. The molecule has 0 atom stereocenters. The molecule has 3 aromatic rings. The van der Waals surface area contributed by atoms with Gasteiger partial charge in [0.1, 0.15) is 11.3 Å². The molecule has 3 rings (SSSR count). The first-order chi connectivity index (χ1) is 15.0. The lowest BCUT2D eigenvalue weighted by atomic mass is 10.2. The molecule has 0 radical (unpaired) electrons. The average Bonchev–Trinajstić information content (AvgIpc) is 2.75. The summed E-state index contributed by atoms with van der Waals surface area (Å²) in [6.07, 6.45) is 5.58. The highest BCUT2D eigenvalue weighted by atomic mass is 16.6. The van der Waals surface area contributed by atoms with Gasteiger partial charge in [0, 0.05) is 6.07 Å². The van der Waals surface area contributed by atoms with Crippen molar-refractivity contribution in [3.63, 3.8) is 0 Å². The number of allylic oxidation sites excluding steroid dienone is 1. The largest absolute Gasteiger partial charge is 0.491 e. The van der Waals surface area contributed by atoms with Gasteiger partial charge in [-0.25, -0.2) is 9.59 Å². The molecule has 0 N–H and O–H groups in total. The van der Waals surface area contributed by atoms with E-state index in [-0.39, 0.29) is 17.6 Å². The molecule has 0 bridgehead atoms. The fourth-order valence-electron chi connectivity index (χ4n) is 2.95. The Balaban J connectivity index is 2.00. The van der Waals surface area contributed by atoms with Crippen LogP contribution >= 0.6 is 0 Å². The van der Waals surface area contributed by atoms with Crippen molar-refractivity contribution < 1.29 is 23.4 Å². The summed E-state index contributed by atoms with van der Waals surface area (Å²) in [4.78, 5) is 25.3. The minimum Gasteiger partial charge on any atom is -0.491 e. The minimum absolute atomic E-state index is 0.0312. The number of hydrogen-bond donors (Lipinski definition) is 0. The average molecular weight is 422 g/mol. The molecule has 162 valence electrons. The van der Waals surface area contributed by atoms with Crippen molar-refractivity contribution in [2.45, 2.75) is 39.7 Å². The van der Waals surface area contributed by atoms with Crippen LogP contribution in [0.4, 0.5) is 0 Å². The maximum atomic E-state index is 12.7. The Hall–Kier alpha value is -3.54. The Morgan fingerprint density at radius 3 is 2.55 bits per heavy atom. The third-order valence-electron chi connectivity index (χ3n) is 4.30. The number of benzene rings is 2. The van der Waals surface area contributed by atoms with Crippen molar-refractivity contribution >= 4 is 16.9 Å². The number of rotatable bonds is 9. The highest BCUT2D eigenvalue weighted by Gasteiger charge is 2.22. The first-order valence-corrected chi connectivity index (χ1v) is 10.3. The lowest BCUT2D eigenvalue weighted by Crippen LogP contribution is -2.16. The molecule has 1 heterocycles. The van der Waals surface area contributed by atoms with Crippen LogP contribution in [0.2, 0.25) is 0 Å². The zero-order chi connectivity index (χ0) is 22.2. The first kappa shape index (κ1) is 22.2. The fourth-order valence-corrected chi connectivity index (χ4v) is 2.95. The van der Waals surface area contributed by atoms with Crippen LogP contribution in [0.1, 0.15) is 44.0 Å². The van der Waals surface area contributed by atoms with E-state index in [1.165, 1.54) is 0 Å². The first-order valence-electron chi connectivity index (χ1n) is 10.3. The summed E-state index contributed by atoms with van der Waals surface area (Å²) in [5.41, 5.74) is -0.182. The molecule has 0 fully saturated rings. The van der Waals surface area contributed by atoms with Gasteiger partial charge >= 0.3 is 11.6 Å². The molecule has 6 heteroatoms. The zero-order valence-corrected chi connectivity index (χ0v) is 17.9. The summed E-state index contributed by atoms with van der Waals surface area (Å²) in [6.45, 7) is 6.18. The van der Waals surface area contributed by atoms with Crippen molar-refractivity contribution in [2.75, 3.05) is 6.61 Å². The van der Waals surface area contributed by atoms with Gasteiger partial charge in [-0.3, -0.25) is 0 Å². The lowest BCUT2D eigenvalue weighted by molar-refractivity contribution is 0.0721. The molecule has 0 amide bonds. The summed E-state index contributed by atoms with van der Waals surface area (Å²) in [6, 6.07) is 13.6. The van der Waals surface area contributed by atoms with Crippen molar-refractivity contribution in [3.05, 3.63) is 76.7 Å². The van der Waals surface area contributed by atoms with Crippen LogP contribution in [0, 0.1) is 0 Å².